The van der Waals surface area contributed by atoms with Crippen LogP contribution in [-0.4, -0.2) is 11.5 Å². The molecular formula is C16H18S2. The van der Waals surface area contributed by atoms with Gasteiger partial charge < -0.3 is 0 Å². The normalized spacial score (nSPS) is 10.6. The van der Waals surface area contributed by atoms with E-state index in [2.05, 4.69) is 62.4 Å². The molecule has 18 heavy (non-hydrogen) atoms. The van der Waals surface area contributed by atoms with Crippen LogP contribution in [0.15, 0.2) is 58.3 Å². The molecule has 2 aromatic carbocycles. The largest absolute Gasteiger partial charge is 0.125 e. The second-order valence-electron chi connectivity index (χ2n) is 4.32. The average Bonchev–Trinajstić information content (AvgIpc) is 2.39. The van der Waals surface area contributed by atoms with Gasteiger partial charge in [0.05, 0.1) is 0 Å². The number of benzene rings is 2. The summed E-state index contributed by atoms with van der Waals surface area (Å²) in [7, 11) is 0. The molecule has 0 saturated heterocycles. The molecule has 0 fully saturated rings. The van der Waals surface area contributed by atoms with Crippen LogP contribution in [0.1, 0.15) is 11.1 Å². The Morgan fingerprint density at radius 3 is 1.28 bits per heavy atom. The van der Waals surface area contributed by atoms with Gasteiger partial charge >= 0.3 is 0 Å². The van der Waals surface area contributed by atoms with E-state index in [1.165, 1.54) is 20.9 Å². The van der Waals surface area contributed by atoms with Crippen molar-refractivity contribution >= 4 is 23.5 Å². The molecule has 0 atom stereocenters. The lowest BCUT2D eigenvalue weighted by Crippen LogP contribution is -1.84. The third-order valence-corrected chi connectivity index (χ3v) is 4.95. The highest BCUT2D eigenvalue weighted by atomic mass is 32.2. The topological polar surface area (TPSA) is 0 Å². The van der Waals surface area contributed by atoms with Crippen LogP contribution in [0, 0.1) is 13.8 Å². The molecule has 0 unspecified atom stereocenters. The minimum atomic E-state index is 1.15. The van der Waals surface area contributed by atoms with Gasteiger partial charge in [-0.05, 0) is 38.1 Å². The van der Waals surface area contributed by atoms with Crippen LogP contribution in [0.5, 0.6) is 0 Å². The molecule has 94 valence electrons. The number of aryl methyl sites for hydroxylation is 2. The lowest BCUT2D eigenvalue weighted by atomic mass is 10.2. The molecule has 2 aromatic rings. The van der Waals surface area contributed by atoms with Gasteiger partial charge in [0.1, 0.15) is 0 Å². The average molecular weight is 274 g/mol. The van der Waals surface area contributed by atoms with E-state index in [1.807, 2.05) is 23.5 Å². The monoisotopic (exact) mass is 274 g/mol. The van der Waals surface area contributed by atoms with Crippen molar-refractivity contribution in [2.24, 2.45) is 0 Å². The second-order valence-corrected chi connectivity index (χ2v) is 6.66. The number of thioether (sulfide) groups is 2. The summed E-state index contributed by atoms with van der Waals surface area (Å²) in [6, 6.07) is 17.5. The van der Waals surface area contributed by atoms with E-state index >= 15 is 0 Å². The van der Waals surface area contributed by atoms with E-state index in [-0.39, 0.29) is 0 Å². The molecular weight excluding hydrogens is 256 g/mol. The molecule has 0 aliphatic carbocycles. The van der Waals surface area contributed by atoms with Crippen molar-refractivity contribution in [1.82, 2.24) is 0 Å². The fourth-order valence-electron chi connectivity index (χ4n) is 1.59. The minimum Gasteiger partial charge on any atom is -0.125 e. The number of rotatable bonds is 5. The molecule has 0 bridgehead atoms. The Bertz CT molecular complexity index is 424. The minimum absolute atomic E-state index is 1.15. The molecule has 2 heteroatoms. The Morgan fingerprint density at radius 2 is 0.944 bits per heavy atom. The summed E-state index contributed by atoms with van der Waals surface area (Å²) in [5.41, 5.74) is 2.65. The van der Waals surface area contributed by atoms with Crippen molar-refractivity contribution in [2.75, 3.05) is 11.5 Å². The maximum absolute atomic E-state index is 2.20. The zero-order chi connectivity index (χ0) is 12.8. The SMILES string of the molecule is Cc1ccc(SCCSc2ccc(C)cc2)cc1. The summed E-state index contributed by atoms with van der Waals surface area (Å²) in [6.45, 7) is 4.25. The van der Waals surface area contributed by atoms with Crippen LogP contribution in [0.25, 0.3) is 0 Å². The molecule has 0 radical (unpaired) electrons. The van der Waals surface area contributed by atoms with Gasteiger partial charge in [-0.15, -0.1) is 23.5 Å². The third-order valence-electron chi connectivity index (χ3n) is 2.66. The molecule has 0 N–H and O–H groups in total. The molecule has 0 aromatic heterocycles. The number of hydrogen-bond donors (Lipinski definition) is 0. The first-order valence-corrected chi connectivity index (χ1v) is 8.10. The molecule has 0 aliphatic rings. The molecule has 2 rings (SSSR count). The summed E-state index contributed by atoms with van der Waals surface area (Å²) >= 11 is 3.86. The van der Waals surface area contributed by atoms with Crippen molar-refractivity contribution in [3.8, 4) is 0 Å². The fourth-order valence-corrected chi connectivity index (χ4v) is 3.38. The smallest absolute Gasteiger partial charge is 0.00745 e. The first-order chi connectivity index (χ1) is 8.74. The van der Waals surface area contributed by atoms with Gasteiger partial charge in [0.2, 0.25) is 0 Å². The second kappa shape index (κ2) is 6.91. The maximum Gasteiger partial charge on any atom is 0.00745 e. The zero-order valence-corrected chi connectivity index (χ0v) is 12.5. The zero-order valence-electron chi connectivity index (χ0n) is 10.8. The fraction of sp³-hybridized carbons (Fsp3) is 0.250. The Hall–Kier alpha value is -0.860. The van der Waals surface area contributed by atoms with Gasteiger partial charge in [-0.3, -0.25) is 0 Å². The quantitative estimate of drug-likeness (QED) is 0.544. The van der Waals surface area contributed by atoms with E-state index in [0.29, 0.717) is 0 Å². The van der Waals surface area contributed by atoms with E-state index in [0.717, 1.165) is 11.5 Å². The number of hydrogen-bond acceptors (Lipinski definition) is 2. The van der Waals surface area contributed by atoms with Gasteiger partial charge in [-0.25, -0.2) is 0 Å². The van der Waals surface area contributed by atoms with Crippen LogP contribution in [0.4, 0.5) is 0 Å². The van der Waals surface area contributed by atoms with Crippen molar-refractivity contribution in [1.29, 1.82) is 0 Å². The van der Waals surface area contributed by atoms with E-state index < -0.39 is 0 Å². The predicted octanol–water partition coefficient (Wildman–Crippen LogP) is 5.19. The highest BCUT2D eigenvalue weighted by Crippen LogP contribution is 2.23. The summed E-state index contributed by atoms with van der Waals surface area (Å²) in [5.74, 6) is 2.31. The first kappa shape index (κ1) is 13.6. The van der Waals surface area contributed by atoms with Gasteiger partial charge in [-0.1, -0.05) is 35.4 Å². The standard InChI is InChI=1S/C16H18S2/c1-13-3-7-15(8-4-13)17-11-12-18-16-9-5-14(2)6-10-16/h3-10H,11-12H2,1-2H3. The van der Waals surface area contributed by atoms with Crippen LogP contribution in [0.3, 0.4) is 0 Å². The highest BCUT2D eigenvalue weighted by Gasteiger charge is 1.96. The van der Waals surface area contributed by atoms with Crippen LogP contribution < -0.4 is 0 Å². The van der Waals surface area contributed by atoms with Gasteiger partial charge in [0, 0.05) is 21.3 Å². The van der Waals surface area contributed by atoms with Crippen LogP contribution >= 0.6 is 23.5 Å². The van der Waals surface area contributed by atoms with Crippen LogP contribution in [0.2, 0.25) is 0 Å². The first-order valence-electron chi connectivity index (χ1n) is 6.13. The predicted molar refractivity (Wildman–Crippen MR) is 83.8 cm³/mol. The van der Waals surface area contributed by atoms with Crippen molar-refractivity contribution in [3.05, 3.63) is 59.7 Å². The Morgan fingerprint density at radius 1 is 0.611 bits per heavy atom. The molecule has 0 aliphatic heterocycles. The lowest BCUT2D eigenvalue weighted by Gasteiger charge is -2.03. The molecule has 0 heterocycles. The van der Waals surface area contributed by atoms with E-state index in [1.54, 1.807) is 0 Å². The molecule has 0 spiro atoms. The molecule has 0 amide bonds. The summed E-state index contributed by atoms with van der Waals surface area (Å²) in [4.78, 5) is 2.73. The van der Waals surface area contributed by atoms with Gasteiger partial charge in [0.25, 0.3) is 0 Å². The third kappa shape index (κ3) is 4.43. The van der Waals surface area contributed by atoms with Crippen molar-refractivity contribution in [2.45, 2.75) is 23.6 Å². The van der Waals surface area contributed by atoms with Crippen molar-refractivity contribution in [3.63, 3.8) is 0 Å². The van der Waals surface area contributed by atoms with E-state index in [4.69, 9.17) is 0 Å². The van der Waals surface area contributed by atoms with Crippen LogP contribution in [-0.2, 0) is 0 Å². The summed E-state index contributed by atoms with van der Waals surface area (Å²) < 4.78 is 0. The highest BCUT2D eigenvalue weighted by molar-refractivity contribution is 8.03. The summed E-state index contributed by atoms with van der Waals surface area (Å²) in [6.07, 6.45) is 0. The van der Waals surface area contributed by atoms with Gasteiger partial charge in [-0.2, -0.15) is 0 Å². The van der Waals surface area contributed by atoms with E-state index in [9.17, 15) is 0 Å². The maximum atomic E-state index is 2.20. The molecule has 0 saturated carbocycles. The summed E-state index contributed by atoms with van der Waals surface area (Å²) in [5, 5.41) is 0. The molecule has 0 nitrogen and oxygen atoms in total. The Balaban J connectivity index is 1.73. The van der Waals surface area contributed by atoms with Crippen molar-refractivity contribution < 1.29 is 0 Å². The Kier molecular flexibility index (Phi) is 5.21. The van der Waals surface area contributed by atoms with Gasteiger partial charge in [0.15, 0.2) is 0 Å². The Labute approximate surface area is 118 Å². The lowest BCUT2D eigenvalue weighted by molar-refractivity contribution is 1.36.